The summed E-state index contributed by atoms with van der Waals surface area (Å²) in [6.07, 6.45) is -0.201. The quantitative estimate of drug-likeness (QED) is 0.294. The molecule has 0 saturated heterocycles. The number of hydrogen-bond acceptors (Lipinski definition) is 6. The van der Waals surface area contributed by atoms with E-state index in [1.807, 2.05) is 0 Å². The van der Waals surface area contributed by atoms with E-state index in [0.717, 1.165) is 0 Å². The number of carbonyl (C=O) groups is 3. The van der Waals surface area contributed by atoms with Gasteiger partial charge in [-0.2, -0.15) is 0 Å². The Morgan fingerprint density at radius 3 is 1.80 bits per heavy atom. The fraction of sp³-hybridized carbons (Fsp3) is 0.786. The molecule has 0 amide bonds. The van der Waals surface area contributed by atoms with E-state index in [-0.39, 0.29) is 19.4 Å². The molecule has 0 aromatic carbocycles. The Bertz CT molecular complexity index is 352. The Labute approximate surface area is 119 Å². The van der Waals surface area contributed by atoms with Crippen LogP contribution in [0, 0.1) is 0 Å². The summed E-state index contributed by atoms with van der Waals surface area (Å²) in [6, 6.07) is 0. The van der Waals surface area contributed by atoms with Crippen LogP contribution in [0.25, 0.3) is 0 Å². The average Bonchev–Trinajstić information content (AvgIpc) is 2.27. The molecular formula is C14H24O6. The van der Waals surface area contributed by atoms with E-state index >= 15 is 0 Å². The second kappa shape index (κ2) is 7.50. The summed E-state index contributed by atoms with van der Waals surface area (Å²) < 4.78 is 4.78. The summed E-state index contributed by atoms with van der Waals surface area (Å²) in [5.41, 5.74) is -2.44. The van der Waals surface area contributed by atoms with Gasteiger partial charge >= 0.3 is 5.97 Å². The van der Waals surface area contributed by atoms with Gasteiger partial charge in [-0.05, 0) is 41.5 Å². The molecule has 0 heterocycles. The summed E-state index contributed by atoms with van der Waals surface area (Å²) in [7, 11) is 0. The number of rotatable bonds is 8. The Morgan fingerprint density at radius 1 is 0.950 bits per heavy atom. The van der Waals surface area contributed by atoms with Crippen LogP contribution in [-0.2, 0) is 28.9 Å². The lowest BCUT2D eigenvalue weighted by molar-refractivity contribution is -0.384. The molecule has 0 fully saturated rings. The average molecular weight is 288 g/mol. The van der Waals surface area contributed by atoms with Gasteiger partial charge in [-0.3, -0.25) is 14.4 Å². The Morgan fingerprint density at radius 2 is 1.45 bits per heavy atom. The number of ether oxygens (including phenoxy) is 1. The van der Waals surface area contributed by atoms with E-state index < -0.39 is 28.7 Å². The van der Waals surface area contributed by atoms with Crippen LogP contribution in [0.5, 0.6) is 0 Å². The van der Waals surface area contributed by atoms with Crippen molar-refractivity contribution >= 4 is 17.5 Å². The molecule has 0 rings (SSSR count). The van der Waals surface area contributed by atoms with Crippen molar-refractivity contribution in [2.24, 2.45) is 0 Å². The highest BCUT2D eigenvalue weighted by Crippen LogP contribution is 2.25. The molecule has 20 heavy (non-hydrogen) atoms. The summed E-state index contributed by atoms with van der Waals surface area (Å²) in [6.45, 7) is 9.57. The third kappa shape index (κ3) is 5.79. The zero-order valence-electron chi connectivity index (χ0n) is 13.1. The smallest absolute Gasteiger partial charge is 0.305 e. The van der Waals surface area contributed by atoms with E-state index in [0.29, 0.717) is 0 Å². The van der Waals surface area contributed by atoms with E-state index in [9.17, 15) is 14.4 Å². The van der Waals surface area contributed by atoms with Crippen LogP contribution in [0.2, 0.25) is 0 Å². The fourth-order valence-electron chi connectivity index (χ4n) is 1.47. The molecule has 0 radical (unpaired) electrons. The lowest BCUT2D eigenvalue weighted by Crippen LogP contribution is -2.48. The lowest BCUT2D eigenvalue weighted by atomic mass is 9.89. The molecule has 0 saturated carbocycles. The third-order valence-electron chi connectivity index (χ3n) is 2.56. The normalized spacial score (nSPS) is 12.1. The van der Waals surface area contributed by atoms with Gasteiger partial charge in [0, 0.05) is 12.8 Å². The van der Waals surface area contributed by atoms with Crippen molar-refractivity contribution in [3.8, 4) is 0 Å². The van der Waals surface area contributed by atoms with Gasteiger partial charge in [0.05, 0.1) is 12.2 Å². The monoisotopic (exact) mass is 288 g/mol. The van der Waals surface area contributed by atoms with Crippen molar-refractivity contribution in [2.75, 3.05) is 6.61 Å². The first-order chi connectivity index (χ1) is 9.05. The molecule has 0 spiro atoms. The number of ketones is 2. The molecule has 0 atom stereocenters. The number of esters is 1. The van der Waals surface area contributed by atoms with Crippen molar-refractivity contribution in [2.45, 2.75) is 65.6 Å². The Hall–Kier alpha value is -1.27. The van der Waals surface area contributed by atoms with Crippen molar-refractivity contribution in [1.29, 1.82) is 0 Å². The number of Topliss-reactive ketones (excluding diaryl/α,β-unsaturated/α-hetero) is 2. The van der Waals surface area contributed by atoms with Crippen molar-refractivity contribution in [3.63, 3.8) is 0 Å². The van der Waals surface area contributed by atoms with Crippen molar-refractivity contribution in [1.82, 2.24) is 0 Å². The number of hydrogen-bond donors (Lipinski definition) is 0. The molecule has 116 valence electrons. The summed E-state index contributed by atoms with van der Waals surface area (Å²) in [5.74, 6) is -1.49. The van der Waals surface area contributed by atoms with E-state index in [1.165, 1.54) is 13.8 Å². The van der Waals surface area contributed by atoms with Crippen LogP contribution in [0.4, 0.5) is 0 Å². The summed E-state index contributed by atoms with van der Waals surface area (Å²) in [4.78, 5) is 45.3. The van der Waals surface area contributed by atoms with Crippen molar-refractivity contribution in [3.05, 3.63) is 0 Å². The molecule has 0 aliphatic rings. The Kier molecular flexibility index (Phi) is 7.02. The SMILES string of the molecule is CCOC(=O)CCC(OOC(C)(C)C)(C(C)=O)C(C)=O. The van der Waals surface area contributed by atoms with Crippen LogP contribution < -0.4 is 0 Å². The predicted molar refractivity (Wildman–Crippen MR) is 71.9 cm³/mol. The first kappa shape index (κ1) is 18.7. The summed E-state index contributed by atoms with van der Waals surface area (Å²) in [5, 5.41) is 0. The first-order valence-corrected chi connectivity index (χ1v) is 6.59. The van der Waals surface area contributed by atoms with Gasteiger partial charge in [0.1, 0.15) is 0 Å². The molecule has 0 aliphatic carbocycles. The van der Waals surface area contributed by atoms with Gasteiger partial charge in [0.15, 0.2) is 11.6 Å². The molecule has 6 heteroatoms. The fourth-order valence-corrected chi connectivity index (χ4v) is 1.47. The number of carbonyl (C=O) groups excluding carboxylic acids is 3. The van der Waals surface area contributed by atoms with Gasteiger partial charge in [-0.25, -0.2) is 9.78 Å². The van der Waals surface area contributed by atoms with E-state index in [2.05, 4.69) is 0 Å². The molecule has 0 N–H and O–H groups in total. The maximum atomic E-state index is 11.8. The van der Waals surface area contributed by atoms with Crippen LogP contribution >= 0.6 is 0 Å². The van der Waals surface area contributed by atoms with Crippen molar-refractivity contribution < 1.29 is 28.9 Å². The minimum Gasteiger partial charge on any atom is -0.466 e. The second-order valence-electron chi connectivity index (χ2n) is 5.52. The maximum Gasteiger partial charge on any atom is 0.305 e. The highest BCUT2D eigenvalue weighted by molar-refractivity contribution is 6.08. The maximum absolute atomic E-state index is 11.8. The van der Waals surface area contributed by atoms with Crippen LogP contribution in [-0.4, -0.2) is 35.3 Å². The van der Waals surface area contributed by atoms with E-state index in [1.54, 1.807) is 27.7 Å². The Balaban J connectivity index is 5.00. The molecule has 6 nitrogen and oxygen atoms in total. The van der Waals surface area contributed by atoms with Gasteiger partial charge in [-0.15, -0.1) is 0 Å². The minimum absolute atomic E-state index is 0.0967. The molecule has 0 aliphatic heterocycles. The first-order valence-electron chi connectivity index (χ1n) is 6.59. The zero-order valence-corrected chi connectivity index (χ0v) is 13.1. The largest absolute Gasteiger partial charge is 0.466 e. The standard InChI is InChI=1S/C14H24O6/c1-7-18-12(17)8-9-14(10(2)15,11(3)16)20-19-13(4,5)6/h7-9H2,1-6H3. The molecule has 0 bridgehead atoms. The van der Waals surface area contributed by atoms with Gasteiger partial charge in [0.2, 0.25) is 5.60 Å². The van der Waals surface area contributed by atoms with Gasteiger partial charge in [0.25, 0.3) is 0 Å². The van der Waals surface area contributed by atoms with Crippen LogP contribution in [0.3, 0.4) is 0 Å². The highest BCUT2D eigenvalue weighted by atomic mass is 17.2. The lowest BCUT2D eigenvalue weighted by Gasteiger charge is -2.30. The van der Waals surface area contributed by atoms with Crippen LogP contribution in [0.15, 0.2) is 0 Å². The molecule has 0 unspecified atom stereocenters. The summed E-state index contributed by atoms with van der Waals surface area (Å²) >= 11 is 0. The molecule has 0 aromatic rings. The highest BCUT2D eigenvalue weighted by Gasteiger charge is 2.44. The predicted octanol–water partition coefficient (Wildman–Crippen LogP) is 1.99. The molecular weight excluding hydrogens is 264 g/mol. The second-order valence-corrected chi connectivity index (χ2v) is 5.52. The topological polar surface area (TPSA) is 78.9 Å². The third-order valence-corrected chi connectivity index (χ3v) is 2.56. The van der Waals surface area contributed by atoms with Gasteiger partial charge in [-0.1, -0.05) is 0 Å². The van der Waals surface area contributed by atoms with Crippen LogP contribution in [0.1, 0.15) is 54.4 Å². The minimum atomic E-state index is -1.76. The van der Waals surface area contributed by atoms with Gasteiger partial charge < -0.3 is 4.74 Å². The molecule has 0 aromatic heterocycles. The van der Waals surface area contributed by atoms with E-state index in [4.69, 9.17) is 14.5 Å². The zero-order chi connectivity index (χ0) is 16.0.